The summed E-state index contributed by atoms with van der Waals surface area (Å²) in [5.41, 5.74) is 3.45. The Morgan fingerprint density at radius 3 is 2.12 bits per heavy atom. The first-order valence-corrected chi connectivity index (χ1v) is 16.7. The van der Waals surface area contributed by atoms with Gasteiger partial charge in [0.1, 0.15) is 5.82 Å². The molecule has 23 heteroatoms. The number of aliphatic carboxylic acids is 2. The van der Waals surface area contributed by atoms with Crippen LogP contribution in [0.1, 0.15) is 25.1 Å². The van der Waals surface area contributed by atoms with Crippen LogP contribution in [0.2, 0.25) is 10.2 Å². The molecule has 0 unspecified atom stereocenters. The fraction of sp³-hybridized carbons (Fsp3) is 0.235. The van der Waals surface area contributed by atoms with Crippen molar-refractivity contribution in [1.29, 1.82) is 0 Å². The first kappa shape index (κ1) is 43.8. The SMILES string of the molecule is C[C@H]1C(=O)Nc2ccc(F)cc2-c2ccnc(c2)[C@@H](n2cnc(-c3cc(Cl)ccc3-n3cc(Cl)nn3)cc2=O)CCN1C.O=C(O)C(F)(F)F.O=C(O)C(F)(F)F. The molecule has 14 nitrogen and oxygen atoms in total. The molecule has 57 heavy (non-hydrogen) atoms. The molecule has 0 radical (unpaired) electrons. The summed E-state index contributed by atoms with van der Waals surface area (Å²) in [6.07, 6.45) is -5.09. The Morgan fingerprint density at radius 1 is 0.895 bits per heavy atom. The third-order valence-electron chi connectivity index (χ3n) is 8.07. The van der Waals surface area contributed by atoms with Crippen molar-refractivity contribution in [2.24, 2.45) is 0 Å². The van der Waals surface area contributed by atoms with Gasteiger partial charge in [-0.15, -0.1) is 5.10 Å². The van der Waals surface area contributed by atoms with Crippen molar-refractivity contribution < 1.29 is 55.3 Å². The highest BCUT2D eigenvalue weighted by Crippen LogP contribution is 2.33. The van der Waals surface area contributed by atoms with Crippen LogP contribution in [0, 0.1) is 5.82 Å². The van der Waals surface area contributed by atoms with Gasteiger partial charge in [0.2, 0.25) is 5.91 Å². The maximum Gasteiger partial charge on any atom is 0.490 e. The van der Waals surface area contributed by atoms with Gasteiger partial charge >= 0.3 is 24.3 Å². The van der Waals surface area contributed by atoms with Crippen molar-refractivity contribution in [2.75, 3.05) is 18.9 Å². The van der Waals surface area contributed by atoms with E-state index in [0.29, 0.717) is 57.4 Å². The van der Waals surface area contributed by atoms with Gasteiger partial charge in [0.05, 0.1) is 41.7 Å². The number of halogens is 9. The number of nitrogens with zero attached hydrogens (tertiary/aromatic N) is 7. The number of carboxylic acids is 2. The number of hydrogen-bond acceptors (Lipinski definition) is 9. The number of fused-ring (bicyclic) bond motifs is 4. The average Bonchev–Trinajstić information content (AvgIpc) is 3.57. The van der Waals surface area contributed by atoms with E-state index in [1.807, 2.05) is 18.0 Å². The molecule has 6 rings (SSSR count). The third kappa shape index (κ3) is 11.3. The molecule has 0 fully saturated rings. The molecular weight excluding hydrogens is 820 g/mol. The summed E-state index contributed by atoms with van der Waals surface area (Å²) < 4.78 is 80.8. The van der Waals surface area contributed by atoms with Crippen molar-refractivity contribution in [3.8, 4) is 28.1 Å². The monoisotopic (exact) mass is 846 g/mol. The van der Waals surface area contributed by atoms with E-state index in [-0.39, 0.29) is 16.6 Å². The first-order valence-electron chi connectivity index (χ1n) is 15.9. The molecule has 0 aliphatic carbocycles. The van der Waals surface area contributed by atoms with Crippen LogP contribution < -0.4 is 10.9 Å². The lowest BCUT2D eigenvalue weighted by Gasteiger charge is -2.28. The van der Waals surface area contributed by atoms with Crippen LogP contribution in [0.25, 0.3) is 28.1 Å². The van der Waals surface area contributed by atoms with Crippen LogP contribution in [0.3, 0.4) is 0 Å². The zero-order valence-corrected chi connectivity index (χ0v) is 30.6. The van der Waals surface area contributed by atoms with Crippen molar-refractivity contribution >= 4 is 46.7 Å². The molecular formula is C34H27Cl2F7N8O6. The molecule has 2 atom stereocenters. The minimum atomic E-state index is -5.08. The molecule has 0 saturated carbocycles. The molecule has 3 N–H and O–H groups in total. The Hall–Kier alpha value is -5.93. The number of alkyl halides is 6. The lowest BCUT2D eigenvalue weighted by atomic mass is 9.99. The Balaban J connectivity index is 0.000000440. The van der Waals surface area contributed by atoms with E-state index in [4.69, 9.17) is 43.0 Å². The second-order valence-corrected chi connectivity index (χ2v) is 12.7. The Labute approximate surface area is 326 Å². The molecule has 4 heterocycles. The number of nitrogens with one attached hydrogen (secondary N) is 1. The second-order valence-electron chi connectivity index (χ2n) is 11.9. The number of hydrogen-bond donors (Lipinski definition) is 3. The zero-order chi connectivity index (χ0) is 42.4. The molecule has 2 bridgehead atoms. The summed E-state index contributed by atoms with van der Waals surface area (Å²) in [5, 5.41) is 25.7. The topological polar surface area (TPSA) is 185 Å². The van der Waals surface area contributed by atoms with Gasteiger partial charge < -0.3 is 15.5 Å². The predicted octanol–water partition coefficient (Wildman–Crippen LogP) is 6.52. The van der Waals surface area contributed by atoms with E-state index in [1.54, 1.807) is 49.6 Å². The Kier molecular flexibility index (Phi) is 13.8. The lowest BCUT2D eigenvalue weighted by Crippen LogP contribution is -2.41. The average molecular weight is 848 g/mol. The van der Waals surface area contributed by atoms with Crippen LogP contribution in [-0.4, -0.2) is 94.5 Å². The van der Waals surface area contributed by atoms with Gasteiger partial charge in [-0.05, 0) is 74.5 Å². The summed E-state index contributed by atoms with van der Waals surface area (Å²) >= 11 is 12.3. The predicted molar refractivity (Wildman–Crippen MR) is 189 cm³/mol. The number of amides is 1. The molecule has 3 aromatic heterocycles. The summed E-state index contributed by atoms with van der Waals surface area (Å²) in [6, 6.07) is 13.3. The third-order valence-corrected chi connectivity index (χ3v) is 8.48. The minimum absolute atomic E-state index is 0.212. The zero-order valence-electron chi connectivity index (χ0n) is 29.1. The Bertz CT molecular complexity index is 2310. The van der Waals surface area contributed by atoms with E-state index in [0.717, 1.165) is 0 Å². The number of carbonyl (C=O) groups is 3. The van der Waals surface area contributed by atoms with Gasteiger partial charge in [0, 0.05) is 40.6 Å². The molecule has 302 valence electrons. The number of carbonyl (C=O) groups excluding carboxylic acids is 1. The van der Waals surface area contributed by atoms with E-state index >= 15 is 0 Å². The van der Waals surface area contributed by atoms with Crippen LogP contribution in [0.15, 0.2) is 78.1 Å². The summed E-state index contributed by atoms with van der Waals surface area (Å²) in [7, 11) is 1.84. The van der Waals surface area contributed by atoms with Crippen molar-refractivity contribution in [3.63, 3.8) is 0 Å². The molecule has 1 aliphatic rings. The summed E-state index contributed by atoms with van der Waals surface area (Å²) in [4.78, 5) is 55.8. The molecule has 0 spiro atoms. The summed E-state index contributed by atoms with van der Waals surface area (Å²) in [6.45, 7) is 2.27. The van der Waals surface area contributed by atoms with Crippen molar-refractivity contribution in [2.45, 2.75) is 37.8 Å². The van der Waals surface area contributed by atoms with Gasteiger partial charge in [-0.1, -0.05) is 28.4 Å². The summed E-state index contributed by atoms with van der Waals surface area (Å²) in [5.74, 6) is -6.18. The number of pyridine rings is 1. The molecule has 2 aromatic carbocycles. The second kappa shape index (κ2) is 17.9. The van der Waals surface area contributed by atoms with Crippen LogP contribution in [-0.2, 0) is 14.4 Å². The number of anilines is 1. The standard InChI is InChI=1S/C30H25Cl2FN8O2.2C2HF3O2/c1-17-30(43)36-23-5-4-20(33)13-21(23)18-7-9-34-25(11-18)27(8-10-39(17)2)40-16-35-24(14-29(40)42)22-12-19(31)3-6-26(22)41-15-28(32)37-38-41;2*3-2(4,5)1(6)7/h3-7,9,11-17,27H,8,10H2,1-2H3,(H,36,43);2*(H,6,7)/t17-,27-;;/m0../s1. The smallest absolute Gasteiger partial charge is 0.475 e. The maximum atomic E-state index is 14.4. The molecule has 5 aromatic rings. The maximum absolute atomic E-state index is 14.4. The lowest BCUT2D eigenvalue weighted by molar-refractivity contribution is -0.193. The van der Waals surface area contributed by atoms with Crippen LogP contribution in [0.5, 0.6) is 0 Å². The van der Waals surface area contributed by atoms with Gasteiger partial charge in [-0.3, -0.25) is 24.0 Å². The molecule has 0 saturated heterocycles. The van der Waals surface area contributed by atoms with Crippen LogP contribution in [0.4, 0.5) is 36.4 Å². The van der Waals surface area contributed by atoms with E-state index in [2.05, 4.69) is 25.6 Å². The number of benzene rings is 2. The fourth-order valence-corrected chi connectivity index (χ4v) is 5.41. The van der Waals surface area contributed by atoms with Gasteiger partial charge in [-0.25, -0.2) is 23.6 Å². The number of likely N-dealkylation sites (N-methyl/N-ethyl adjacent to an activating group) is 1. The Morgan fingerprint density at radius 2 is 1.54 bits per heavy atom. The number of aromatic nitrogens is 6. The van der Waals surface area contributed by atoms with Crippen molar-refractivity contribution in [3.05, 3.63) is 105 Å². The van der Waals surface area contributed by atoms with Gasteiger partial charge in [0.15, 0.2) is 5.15 Å². The number of rotatable bonds is 3. The highest BCUT2D eigenvalue weighted by Gasteiger charge is 2.39. The van der Waals surface area contributed by atoms with Crippen molar-refractivity contribution in [1.82, 2.24) is 34.4 Å². The molecule has 1 aliphatic heterocycles. The number of carboxylic acid groups (broad SMARTS) is 2. The van der Waals surface area contributed by atoms with E-state index in [9.17, 15) is 40.3 Å². The minimum Gasteiger partial charge on any atom is -0.475 e. The molecule has 1 amide bonds. The van der Waals surface area contributed by atoms with E-state index < -0.39 is 42.2 Å². The first-order chi connectivity index (χ1) is 26.6. The fourth-order valence-electron chi connectivity index (χ4n) is 5.11. The highest BCUT2D eigenvalue weighted by atomic mass is 35.5. The van der Waals surface area contributed by atoms with E-state index in [1.165, 1.54) is 33.8 Å². The van der Waals surface area contributed by atoms with Gasteiger partial charge in [0.25, 0.3) is 5.56 Å². The normalized spacial score (nSPS) is 15.9. The quantitative estimate of drug-likeness (QED) is 0.168. The largest absolute Gasteiger partial charge is 0.490 e. The van der Waals surface area contributed by atoms with Crippen LogP contribution >= 0.6 is 23.2 Å². The highest BCUT2D eigenvalue weighted by molar-refractivity contribution is 6.31. The van der Waals surface area contributed by atoms with Gasteiger partial charge in [-0.2, -0.15) is 26.3 Å².